The predicted molar refractivity (Wildman–Crippen MR) is 86.2 cm³/mol. The minimum atomic E-state index is -4.30. The van der Waals surface area contributed by atoms with Gasteiger partial charge in [-0.2, -0.15) is 13.2 Å². The molecule has 2 aromatic rings. The molecule has 0 aliphatic carbocycles. The Balaban J connectivity index is 1.50. The van der Waals surface area contributed by atoms with Crippen LogP contribution in [0.5, 0.6) is 0 Å². The van der Waals surface area contributed by atoms with E-state index in [-0.39, 0.29) is 5.82 Å². The number of hydrogen-bond donors (Lipinski definition) is 0. The number of alkyl halides is 3. The highest BCUT2D eigenvalue weighted by Crippen LogP contribution is 2.29. The van der Waals surface area contributed by atoms with Gasteiger partial charge < -0.3 is 0 Å². The SMILES string of the molecule is Fc1cccnc1CN1CCN(Cc2ccc(C(F)(F)F)cc2)CC1. The van der Waals surface area contributed by atoms with Gasteiger partial charge >= 0.3 is 6.18 Å². The molecular weight excluding hydrogens is 334 g/mol. The Hall–Kier alpha value is -1.99. The first-order chi connectivity index (χ1) is 11.9. The van der Waals surface area contributed by atoms with Crippen molar-refractivity contribution in [3.05, 3.63) is 65.2 Å². The van der Waals surface area contributed by atoms with Crippen LogP contribution in [-0.2, 0) is 19.3 Å². The Morgan fingerprint density at radius 1 is 0.880 bits per heavy atom. The van der Waals surface area contributed by atoms with Gasteiger partial charge in [0.05, 0.1) is 11.3 Å². The molecule has 1 aromatic heterocycles. The smallest absolute Gasteiger partial charge is 0.297 e. The number of pyridine rings is 1. The van der Waals surface area contributed by atoms with E-state index in [0.29, 0.717) is 18.8 Å². The van der Waals surface area contributed by atoms with E-state index in [1.807, 2.05) is 0 Å². The lowest BCUT2D eigenvalue weighted by molar-refractivity contribution is -0.137. The lowest BCUT2D eigenvalue weighted by Gasteiger charge is -2.34. The number of halogens is 4. The standard InChI is InChI=1S/C18H19F4N3/c19-16-2-1-7-23-17(16)13-25-10-8-24(9-11-25)12-14-3-5-15(6-4-14)18(20,21)22/h1-7H,8-13H2. The summed E-state index contributed by atoms with van der Waals surface area (Å²) in [6.07, 6.45) is -2.72. The molecule has 0 saturated carbocycles. The van der Waals surface area contributed by atoms with Crippen molar-refractivity contribution in [2.45, 2.75) is 19.3 Å². The number of aromatic nitrogens is 1. The molecule has 0 spiro atoms. The number of hydrogen-bond acceptors (Lipinski definition) is 3. The molecule has 0 bridgehead atoms. The second-order valence-corrected chi connectivity index (χ2v) is 6.18. The fourth-order valence-corrected chi connectivity index (χ4v) is 2.91. The van der Waals surface area contributed by atoms with E-state index in [1.54, 1.807) is 12.3 Å². The third kappa shape index (κ3) is 4.76. The zero-order valence-electron chi connectivity index (χ0n) is 13.6. The van der Waals surface area contributed by atoms with Gasteiger partial charge in [0.15, 0.2) is 0 Å². The second kappa shape index (κ2) is 7.49. The topological polar surface area (TPSA) is 19.4 Å². The van der Waals surface area contributed by atoms with Crippen molar-refractivity contribution in [1.29, 1.82) is 0 Å². The van der Waals surface area contributed by atoms with Crippen molar-refractivity contribution in [3.8, 4) is 0 Å². The van der Waals surface area contributed by atoms with E-state index in [4.69, 9.17) is 0 Å². The normalized spacial score (nSPS) is 17.0. The van der Waals surface area contributed by atoms with Gasteiger partial charge in [-0.15, -0.1) is 0 Å². The van der Waals surface area contributed by atoms with Crippen molar-refractivity contribution >= 4 is 0 Å². The molecule has 2 heterocycles. The summed E-state index contributed by atoms with van der Waals surface area (Å²) < 4.78 is 51.4. The highest BCUT2D eigenvalue weighted by atomic mass is 19.4. The number of rotatable bonds is 4. The lowest BCUT2D eigenvalue weighted by atomic mass is 10.1. The van der Waals surface area contributed by atoms with Gasteiger partial charge in [-0.05, 0) is 29.8 Å². The Morgan fingerprint density at radius 3 is 2.04 bits per heavy atom. The molecule has 134 valence electrons. The molecule has 0 amide bonds. The summed E-state index contributed by atoms with van der Waals surface area (Å²) >= 11 is 0. The van der Waals surface area contributed by atoms with Gasteiger partial charge in [0, 0.05) is 45.5 Å². The number of benzene rings is 1. The van der Waals surface area contributed by atoms with Crippen LogP contribution < -0.4 is 0 Å². The summed E-state index contributed by atoms with van der Waals surface area (Å²) in [5.41, 5.74) is 0.675. The maximum Gasteiger partial charge on any atom is 0.416 e. The van der Waals surface area contributed by atoms with Crippen LogP contribution >= 0.6 is 0 Å². The van der Waals surface area contributed by atoms with Crippen LogP contribution in [0.3, 0.4) is 0 Å². The summed E-state index contributed by atoms with van der Waals surface area (Å²) in [6, 6.07) is 8.27. The Labute approximate surface area is 143 Å². The van der Waals surface area contributed by atoms with E-state index in [2.05, 4.69) is 14.8 Å². The summed E-state index contributed by atoms with van der Waals surface area (Å²) in [7, 11) is 0. The van der Waals surface area contributed by atoms with Crippen LogP contribution in [0.25, 0.3) is 0 Å². The molecule has 0 radical (unpaired) electrons. The van der Waals surface area contributed by atoms with E-state index in [0.717, 1.165) is 43.9 Å². The highest BCUT2D eigenvalue weighted by molar-refractivity contribution is 5.24. The molecular formula is C18H19F4N3. The minimum Gasteiger partial charge on any atom is -0.297 e. The molecule has 1 aromatic carbocycles. The Morgan fingerprint density at radius 2 is 1.48 bits per heavy atom. The lowest BCUT2D eigenvalue weighted by Crippen LogP contribution is -2.45. The first-order valence-corrected chi connectivity index (χ1v) is 8.12. The molecule has 1 saturated heterocycles. The van der Waals surface area contributed by atoms with Crippen molar-refractivity contribution < 1.29 is 17.6 Å². The maximum absolute atomic E-state index is 13.6. The van der Waals surface area contributed by atoms with Gasteiger partial charge in [0.1, 0.15) is 5.82 Å². The molecule has 1 aliphatic heterocycles. The average Bonchev–Trinajstić information content (AvgIpc) is 2.58. The van der Waals surface area contributed by atoms with Crippen LogP contribution in [0.15, 0.2) is 42.6 Å². The predicted octanol–water partition coefficient (Wildman–Crippen LogP) is 3.56. The monoisotopic (exact) mass is 353 g/mol. The number of piperazine rings is 1. The van der Waals surface area contributed by atoms with Gasteiger partial charge in [-0.1, -0.05) is 12.1 Å². The summed E-state index contributed by atoms with van der Waals surface area (Å²) in [6.45, 7) is 4.21. The molecule has 1 aliphatic rings. The van der Waals surface area contributed by atoms with Crippen molar-refractivity contribution in [2.75, 3.05) is 26.2 Å². The zero-order chi connectivity index (χ0) is 17.9. The van der Waals surface area contributed by atoms with E-state index in [9.17, 15) is 17.6 Å². The maximum atomic E-state index is 13.6. The average molecular weight is 353 g/mol. The van der Waals surface area contributed by atoms with Crippen LogP contribution in [-0.4, -0.2) is 41.0 Å². The van der Waals surface area contributed by atoms with E-state index >= 15 is 0 Å². The van der Waals surface area contributed by atoms with Crippen molar-refractivity contribution in [3.63, 3.8) is 0 Å². The van der Waals surface area contributed by atoms with Crippen molar-refractivity contribution in [1.82, 2.24) is 14.8 Å². The zero-order valence-corrected chi connectivity index (χ0v) is 13.6. The van der Waals surface area contributed by atoms with Crippen LogP contribution in [0, 0.1) is 5.82 Å². The Bertz CT molecular complexity index is 692. The van der Waals surface area contributed by atoms with Gasteiger partial charge in [0.2, 0.25) is 0 Å². The second-order valence-electron chi connectivity index (χ2n) is 6.18. The van der Waals surface area contributed by atoms with Gasteiger partial charge in [-0.3, -0.25) is 14.8 Å². The molecule has 3 nitrogen and oxygen atoms in total. The first-order valence-electron chi connectivity index (χ1n) is 8.12. The summed E-state index contributed by atoms with van der Waals surface area (Å²) in [5.74, 6) is -0.297. The molecule has 3 rings (SSSR count). The van der Waals surface area contributed by atoms with E-state index < -0.39 is 11.7 Å². The van der Waals surface area contributed by atoms with Crippen LogP contribution in [0.1, 0.15) is 16.8 Å². The third-order valence-corrected chi connectivity index (χ3v) is 4.36. The molecule has 0 N–H and O–H groups in total. The van der Waals surface area contributed by atoms with Crippen LogP contribution in [0.2, 0.25) is 0 Å². The van der Waals surface area contributed by atoms with Gasteiger partial charge in [0.25, 0.3) is 0 Å². The largest absolute Gasteiger partial charge is 0.416 e. The van der Waals surface area contributed by atoms with Gasteiger partial charge in [-0.25, -0.2) is 4.39 Å². The minimum absolute atomic E-state index is 0.297. The molecule has 0 atom stereocenters. The molecule has 1 fully saturated rings. The van der Waals surface area contributed by atoms with Crippen molar-refractivity contribution in [2.24, 2.45) is 0 Å². The fraction of sp³-hybridized carbons (Fsp3) is 0.389. The molecule has 7 heteroatoms. The molecule has 0 unspecified atom stereocenters. The highest BCUT2D eigenvalue weighted by Gasteiger charge is 2.30. The summed E-state index contributed by atoms with van der Waals surface area (Å²) in [4.78, 5) is 8.39. The first kappa shape index (κ1) is 17.8. The molecule has 25 heavy (non-hydrogen) atoms. The quantitative estimate of drug-likeness (QED) is 0.784. The fourth-order valence-electron chi connectivity index (χ4n) is 2.91. The van der Waals surface area contributed by atoms with E-state index in [1.165, 1.54) is 18.2 Å². The number of nitrogens with zero attached hydrogens (tertiary/aromatic N) is 3. The Kier molecular flexibility index (Phi) is 5.34. The third-order valence-electron chi connectivity index (χ3n) is 4.36. The summed E-state index contributed by atoms with van der Waals surface area (Å²) in [5, 5.41) is 0. The van der Waals surface area contributed by atoms with Crippen LogP contribution in [0.4, 0.5) is 17.6 Å².